The molecule has 0 spiro atoms. The fourth-order valence-corrected chi connectivity index (χ4v) is 2.98. The van der Waals surface area contributed by atoms with E-state index in [9.17, 15) is 5.11 Å². The Bertz CT molecular complexity index is 418. The molecule has 0 amide bonds. The summed E-state index contributed by atoms with van der Waals surface area (Å²) in [6, 6.07) is 0. The second-order valence-corrected chi connectivity index (χ2v) is 5.84. The van der Waals surface area contributed by atoms with E-state index in [1.54, 1.807) is 0 Å². The van der Waals surface area contributed by atoms with Gasteiger partial charge in [-0.15, -0.1) is 0 Å². The third kappa shape index (κ3) is 2.56. The van der Waals surface area contributed by atoms with E-state index in [-0.39, 0.29) is 0 Å². The number of halogens is 1. The van der Waals surface area contributed by atoms with Gasteiger partial charge >= 0.3 is 0 Å². The van der Waals surface area contributed by atoms with Crippen molar-refractivity contribution in [2.24, 2.45) is 0 Å². The van der Waals surface area contributed by atoms with Crippen molar-refractivity contribution in [1.82, 2.24) is 14.7 Å². The van der Waals surface area contributed by atoms with Crippen LogP contribution < -0.4 is 0 Å². The molecule has 0 bridgehead atoms. The molecular weight excluding hydrogens is 282 g/mol. The molecule has 0 radical (unpaired) electrons. The number of β-amino-alcohol motifs (C(OH)–C–C–N with tert-alkyl or cyclic N) is 1. The van der Waals surface area contributed by atoms with E-state index in [1.165, 1.54) is 0 Å². The van der Waals surface area contributed by atoms with Crippen LogP contribution in [0.25, 0.3) is 0 Å². The summed E-state index contributed by atoms with van der Waals surface area (Å²) >= 11 is 3.58. The van der Waals surface area contributed by atoms with Crippen molar-refractivity contribution in [3.05, 3.63) is 15.9 Å². The van der Waals surface area contributed by atoms with Gasteiger partial charge in [-0.25, -0.2) is 0 Å². The maximum atomic E-state index is 10.6. The average Bonchev–Trinajstić information content (AvgIpc) is 2.74. The molecule has 17 heavy (non-hydrogen) atoms. The Kier molecular flexibility index (Phi) is 3.61. The summed E-state index contributed by atoms with van der Waals surface area (Å²) in [5.74, 6) is 0. The van der Waals surface area contributed by atoms with Crippen LogP contribution in [-0.2, 0) is 13.0 Å². The molecular formula is C12H20BrN3O. The summed E-state index contributed by atoms with van der Waals surface area (Å²) in [5.41, 5.74) is 1.51. The summed E-state index contributed by atoms with van der Waals surface area (Å²) in [6.07, 6.45) is 1.51. The number of hydrogen-bond acceptors (Lipinski definition) is 3. The van der Waals surface area contributed by atoms with Crippen LogP contribution in [0, 0.1) is 6.92 Å². The minimum absolute atomic E-state index is 0.601. The zero-order chi connectivity index (χ0) is 12.6. The van der Waals surface area contributed by atoms with Gasteiger partial charge in [0.15, 0.2) is 0 Å². The van der Waals surface area contributed by atoms with Crippen molar-refractivity contribution in [3.8, 4) is 0 Å². The van der Waals surface area contributed by atoms with Crippen LogP contribution >= 0.6 is 15.9 Å². The van der Waals surface area contributed by atoms with E-state index in [0.717, 1.165) is 41.9 Å². The normalized spacial score (nSPS) is 25.7. The van der Waals surface area contributed by atoms with Crippen molar-refractivity contribution in [3.63, 3.8) is 0 Å². The molecule has 2 rings (SSSR count). The Morgan fingerprint density at radius 2 is 2.24 bits per heavy atom. The van der Waals surface area contributed by atoms with Gasteiger partial charge in [0.2, 0.25) is 0 Å². The topological polar surface area (TPSA) is 41.3 Å². The lowest BCUT2D eigenvalue weighted by atomic mass is 9.96. The molecule has 1 atom stereocenters. The number of aliphatic hydroxyl groups is 1. The molecule has 2 heterocycles. The molecule has 1 aromatic rings. The number of rotatable bonds is 3. The van der Waals surface area contributed by atoms with Crippen molar-refractivity contribution in [2.45, 2.75) is 38.8 Å². The van der Waals surface area contributed by atoms with Crippen molar-refractivity contribution < 1.29 is 5.11 Å². The third-order valence-electron chi connectivity index (χ3n) is 3.47. The highest BCUT2D eigenvalue weighted by atomic mass is 79.9. The zero-order valence-electron chi connectivity index (χ0n) is 10.7. The number of hydrogen-bond donors (Lipinski definition) is 1. The molecule has 1 saturated heterocycles. The zero-order valence-corrected chi connectivity index (χ0v) is 12.3. The maximum absolute atomic E-state index is 10.6. The van der Waals surface area contributed by atoms with Gasteiger partial charge in [0.1, 0.15) is 0 Å². The second-order valence-electron chi connectivity index (χ2n) is 5.05. The largest absolute Gasteiger partial charge is 0.388 e. The highest BCUT2D eigenvalue weighted by molar-refractivity contribution is 9.10. The average molecular weight is 302 g/mol. The lowest BCUT2D eigenvalue weighted by Gasteiger charge is -2.23. The molecule has 1 fully saturated rings. The fourth-order valence-electron chi connectivity index (χ4n) is 2.55. The minimum Gasteiger partial charge on any atom is -0.388 e. The van der Waals surface area contributed by atoms with Gasteiger partial charge < -0.3 is 10.0 Å². The standard InChI is InChI=1S/C12H20BrN3O/c1-4-16-10(11(13)9(2)14-16)7-12(17)5-6-15(3)8-12/h17H,4-8H2,1-3H3. The Balaban J connectivity index is 2.23. The molecule has 0 aliphatic carbocycles. The van der Waals surface area contributed by atoms with Gasteiger partial charge in [-0.05, 0) is 43.2 Å². The van der Waals surface area contributed by atoms with Gasteiger partial charge in [0.25, 0.3) is 0 Å². The number of aryl methyl sites for hydroxylation is 2. The summed E-state index contributed by atoms with van der Waals surface area (Å²) in [5, 5.41) is 15.0. The first-order valence-electron chi connectivity index (χ1n) is 6.08. The Morgan fingerprint density at radius 3 is 2.76 bits per heavy atom. The van der Waals surface area contributed by atoms with Crippen molar-refractivity contribution in [1.29, 1.82) is 0 Å². The number of aromatic nitrogens is 2. The first kappa shape index (κ1) is 13.1. The number of likely N-dealkylation sites (tertiary alicyclic amines) is 1. The molecule has 1 aliphatic rings. The molecule has 96 valence electrons. The first-order chi connectivity index (χ1) is 7.95. The molecule has 0 aromatic carbocycles. The van der Waals surface area contributed by atoms with Crippen LogP contribution in [0.3, 0.4) is 0 Å². The summed E-state index contributed by atoms with van der Waals surface area (Å²) < 4.78 is 3.03. The first-order valence-corrected chi connectivity index (χ1v) is 6.87. The van der Waals surface area contributed by atoms with E-state index >= 15 is 0 Å². The molecule has 1 aliphatic heterocycles. The SMILES string of the molecule is CCn1nc(C)c(Br)c1CC1(O)CCN(C)C1. The van der Waals surface area contributed by atoms with Gasteiger partial charge in [-0.3, -0.25) is 4.68 Å². The number of likely N-dealkylation sites (N-methyl/N-ethyl adjacent to an activating group) is 1. The van der Waals surface area contributed by atoms with Crippen molar-refractivity contribution in [2.75, 3.05) is 20.1 Å². The van der Waals surface area contributed by atoms with Crippen LogP contribution in [0.1, 0.15) is 24.7 Å². The van der Waals surface area contributed by atoms with Crippen LogP contribution in [0.4, 0.5) is 0 Å². The van der Waals surface area contributed by atoms with E-state index < -0.39 is 5.60 Å². The molecule has 1 N–H and O–H groups in total. The van der Waals surface area contributed by atoms with E-state index in [0.29, 0.717) is 6.42 Å². The van der Waals surface area contributed by atoms with Gasteiger partial charge in [-0.2, -0.15) is 5.10 Å². The molecule has 1 unspecified atom stereocenters. The highest BCUT2D eigenvalue weighted by Gasteiger charge is 2.36. The van der Waals surface area contributed by atoms with Crippen LogP contribution in [-0.4, -0.2) is 45.5 Å². The van der Waals surface area contributed by atoms with E-state index in [4.69, 9.17) is 0 Å². The van der Waals surface area contributed by atoms with Gasteiger partial charge in [-0.1, -0.05) is 0 Å². The Morgan fingerprint density at radius 1 is 1.53 bits per heavy atom. The van der Waals surface area contributed by atoms with Gasteiger partial charge in [0, 0.05) is 26.1 Å². The Labute approximate surface area is 111 Å². The molecule has 1 aromatic heterocycles. The summed E-state index contributed by atoms with van der Waals surface area (Å²) in [7, 11) is 2.05. The molecule has 5 heteroatoms. The summed E-state index contributed by atoms with van der Waals surface area (Å²) in [6.45, 7) is 6.62. The van der Waals surface area contributed by atoms with Crippen LogP contribution in [0.5, 0.6) is 0 Å². The number of nitrogens with zero attached hydrogens (tertiary/aromatic N) is 3. The van der Waals surface area contributed by atoms with E-state index in [1.807, 2.05) is 11.6 Å². The lowest BCUT2D eigenvalue weighted by molar-refractivity contribution is 0.0501. The molecule has 0 saturated carbocycles. The smallest absolute Gasteiger partial charge is 0.0841 e. The van der Waals surface area contributed by atoms with Gasteiger partial charge in [0.05, 0.1) is 21.5 Å². The minimum atomic E-state index is -0.601. The fraction of sp³-hybridized carbons (Fsp3) is 0.750. The lowest BCUT2D eigenvalue weighted by Crippen LogP contribution is -2.35. The van der Waals surface area contributed by atoms with Crippen LogP contribution in [0.15, 0.2) is 4.47 Å². The van der Waals surface area contributed by atoms with E-state index in [2.05, 4.69) is 39.9 Å². The van der Waals surface area contributed by atoms with Crippen LogP contribution in [0.2, 0.25) is 0 Å². The monoisotopic (exact) mass is 301 g/mol. The van der Waals surface area contributed by atoms with Crippen molar-refractivity contribution >= 4 is 15.9 Å². The predicted octanol–water partition coefficient (Wildman–Crippen LogP) is 1.58. The highest BCUT2D eigenvalue weighted by Crippen LogP contribution is 2.29. The molecule has 4 nitrogen and oxygen atoms in total. The summed E-state index contributed by atoms with van der Waals surface area (Å²) in [4.78, 5) is 2.17. The maximum Gasteiger partial charge on any atom is 0.0841 e. The third-order valence-corrected chi connectivity index (χ3v) is 4.50. The predicted molar refractivity (Wildman–Crippen MR) is 71.1 cm³/mol. The Hall–Kier alpha value is -0.390. The quantitative estimate of drug-likeness (QED) is 0.922. The second kappa shape index (κ2) is 4.71.